The monoisotopic (exact) mass is 352 g/mol. The van der Waals surface area contributed by atoms with E-state index < -0.39 is 22.5 Å². The summed E-state index contributed by atoms with van der Waals surface area (Å²) >= 11 is 0. The third kappa shape index (κ3) is 14.7. The number of carbonyl (C=O) groups is 1. The molecule has 0 aliphatic carbocycles. The first-order chi connectivity index (χ1) is 10.9. The molecule has 0 rings (SSSR count). The molecule has 0 aliphatic heterocycles. The summed E-state index contributed by atoms with van der Waals surface area (Å²) in [5, 5.41) is 0. The van der Waals surface area contributed by atoms with E-state index in [-0.39, 0.29) is 13.0 Å². The Bertz CT molecular complexity index is 393. The molecule has 0 aliphatic rings. The molecule has 0 bridgehead atoms. The molecular formula is C16H32O6S. The zero-order valence-corrected chi connectivity index (χ0v) is 15.3. The van der Waals surface area contributed by atoms with E-state index in [1.54, 1.807) is 0 Å². The van der Waals surface area contributed by atoms with Crippen molar-refractivity contribution in [1.82, 2.24) is 0 Å². The SMILES string of the molecule is CCCCCCCCCCOC(=O)C(CCCC)OS(=O)(=O)O. The van der Waals surface area contributed by atoms with Gasteiger partial charge in [0.2, 0.25) is 0 Å². The molecule has 0 aromatic carbocycles. The van der Waals surface area contributed by atoms with Crippen molar-refractivity contribution in [2.75, 3.05) is 6.61 Å². The van der Waals surface area contributed by atoms with Crippen molar-refractivity contribution in [2.45, 2.75) is 90.6 Å². The van der Waals surface area contributed by atoms with Gasteiger partial charge in [-0.05, 0) is 12.8 Å². The van der Waals surface area contributed by atoms with Crippen molar-refractivity contribution in [3.05, 3.63) is 0 Å². The summed E-state index contributed by atoms with van der Waals surface area (Å²) in [7, 11) is -4.65. The highest BCUT2D eigenvalue weighted by Gasteiger charge is 2.25. The lowest BCUT2D eigenvalue weighted by molar-refractivity contribution is -0.152. The molecular weight excluding hydrogens is 320 g/mol. The average molecular weight is 352 g/mol. The van der Waals surface area contributed by atoms with Gasteiger partial charge in [0, 0.05) is 0 Å². The van der Waals surface area contributed by atoms with Gasteiger partial charge in [-0.2, -0.15) is 8.42 Å². The number of hydrogen-bond acceptors (Lipinski definition) is 5. The lowest BCUT2D eigenvalue weighted by Crippen LogP contribution is -2.29. The van der Waals surface area contributed by atoms with E-state index in [0.29, 0.717) is 6.42 Å². The maximum atomic E-state index is 11.8. The first-order valence-electron chi connectivity index (χ1n) is 8.73. The lowest BCUT2D eigenvalue weighted by atomic mass is 10.1. The largest absolute Gasteiger partial charge is 0.464 e. The quantitative estimate of drug-likeness (QED) is 0.272. The standard InChI is InChI=1S/C16H32O6S/c1-3-5-7-8-9-10-11-12-14-21-16(17)15(13-6-4-2)22-23(18,19)20/h15H,3-14H2,1-2H3,(H,18,19,20). The summed E-state index contributed by atoms with van der Waals surface area (Å²) in [5.41, 5.74) is 0. The molecule has 0 amide bonds. The van der Waals surface area contributed by atoms with Crippen LogP contribution in [-0.2, 0) is 24.1 Å². The molecule has 0 spiro atoms. The van der Waals surface area contributed by atoms with E-state index in [9.17, 15) is 13.2 Å². The number of esters is 1. The Hall–Kier alpha value is -0.660. The van der Waals surface area contributed by atoms with Gasteiger partial charge in [0.25, 0.3) is 0 Å². The first-order valence-corrected chi connectivity index (χ1v) is 10.1. The third-order valence-corrected chi connectivity index (χ3v) is 4.04. The Morgan fingerprint density at radius 2 is 1.43 bits per heavy atom. The molecule has 6 nitrogen and oxygen atoms in total. The summed E-state index contributed by atoms with van der Waals surface area (Å²) in [6, 6.07) is 0. The fourth-order valence-electron chi connectivity index (χ4n) is 2.24. The van der Waals surface area contributed by atoms with Gasteiger partial charge in [-0.3, -0.25) is 4.55 Å². The molecule has 7 heteroatoms. The highest BCUT2D eigenvalue weighted by Crippen LogP contribution is 2.11. The summed E-state index contributed by atoms with van der Waals surface area (Å²) in [6.45, 7) is 4.36. The number of carbonyl (C=O) groups excluding carboxylic acids is 1. The van der Waals surface area contributed by atoms with Crippen LogP contribution in [0, 0.1) is 0 Å². The van der Waals surface area contributed by atoms with Crippen molar-refractivity contribution in [1.29, 1.82) is 0 Å². The number of ether oxygens (including phenoxy) is 1. The molecule has 1 unspecified atom stereocenters. The van der Waals surface area contributed by atoms with E-state index in [1.807, 2.05) is 6.92 Å². The number of rotatable bonds is 15. The van der Waals surface area contributed by atoms with Crippen LogP contribution in [0.1, 0.15) is 84.5 Å². The van der Waals surface area contributed by atoms with Gasteiger partial charge >= 0.3 is 16.4 Å². The minimum atomic E-state index is -4.65. The van der Waals surface area contributed by atoms with Crippen LogP contribution in [0.4, 0.5) is 0 Å². The van der Waals surface area contributed by atoms with Gasteiger partial charge in [-0.1, -0.05) is 71.6 Å². The van der Waals surface area contributed by atoms with Crippen LogP contribution in [0.3, 0.4) is 0 Å². The molecule has 0 saturated carbocycles. The topological polar surface area (TPSA) is 89.9 Å². The average Bonchev–Trinajstić information content (AvgIpc) is 2.48. The molecule has 0 heterocycles. The van der Waals surface area contributed by atoms with Crippen molar-refractivity contribution < 1.29 is 26.7 Å². The lowest BCUT2D eigenvalue weighted by Gasteiger charge is -2.14. The van der Waals surface area contributed by atoms with E-state index in [1.165, 1.54) is 32.1 Å². The van der Waals surface area contributed by atoms with Crippen LogP contribution in [0.15, 0.2) is 0 Å². The Labute approximate surface area is 140 Å². The molecule has 23 heavy (non-hydrogen) atoms. The fourth-order valence-corrected chi connectivity index (χ4v) is 2.71. The second-order valence-corrected chi connectivity index (χ2v) is 6.85. The van der Waals surface area contributed by atoms with Gasteiger partial charge in [0.15, 0.2) is 6.10 Å². The highest BCUT2D eigenvalue weighted by molar-refractivity contribution is 7.80. The van der Waals surface area contributed by atoms with Crippen LogP contribution in [0.2, 0.25) is 0 Å². The Morgan fingerprint density at radius 1 is 0.913 bits per heavy atom. The molecule has 0 fully saturated rings. The van der Waals surface area contributed by atoms with E-state index in [2.05, 4.69) is 11.1 Å². The Morgan fingerprint density at radius 3 is 1.96 bits per heavy atom. The molecule has 1 atom stereocenters. The van der Waals surface area contributed by atoms with Crippen LogP contribution < -0.4 is 0 Å². The van der Waals surface area contributed by atoms with Crippen LogP contribution in [0.25, 0.3) is 0 Å². The predicted molar refractivity (Wildman–Crippen MR) is 89.5 cm³/mol. The van der Waals surface area contributed by atoms with Crippen molar-refractivity contribution >= 4 is 16.4 Å². The summed E-state index contributed by atoms with van der Waals surface area (Å²) in [4.78, 5) is 11.8. The van der Waals surface area contributed by atoms with Gasteiger partial charge in [-0.25, -0.2) is 8.98 Å². The zero-order chi connectivity index (χ0) is 17.6. The maximum absolute atomic E-state index is 11.8. The maximum Gasteiger partial charge on any atom is 0.398 e. The van der Waals surface area contributed by atoms with Crippen molar-refractivity contribution in [3.63, 3.8) is 0 Å². The third-order valence-electron chi connectivity index (χ3n) is 3.56. The minimum Gasteiger partial charge on any atom is -0.464 e. The van der Waals surface area contributed by atoms with Gasteiger partial charge in [0.05, 0.1) is 6.61 Å². The van der Waals surface area contributed by atoms with Crippen LogP contribution >= 0.6 is 0 Å². The smallest absolute Gasteiger partial charge is 0.398 e. The molecule has 0 saturated heterocycles. The summed E-state index contributed by atoms with van der Waals surface area (Å²) < 4.78 is 39.7. The van der Waals surface area contributed by atoms with Crippen LogP contribution in [-0.4, -0.2) is 31.7 Å². The predicted octanol–water partition coefficient (Wildman–Crippen LogP) is 4.05. The molecule has 0 aromatic heterocycles. The normalized spacial score (nSPS) is 13.0. The van der Waals surface area contributed by atoms with E-state index >= 15 is 0 Å². The second kappa shape index (κ2) is 13.7. The first kappa shape index (κ1) is 22.3. The summed E-state index contributed by atoms with van der Waals surface area (Å²) in [6.07, 6.45) is 9.46. The Balaban J connectivity index is 3.85. The van der Waals surface area contributed by atoms with Gasteiger partial charge in [0.1, 0.15) is 0 Å². The summed E-state index contributed by atoms with van der Waals surface area (Å²) in [5.74, 6) is -0.723. The number of unbranched alkanes of at least 4 members (excludes halogenated alkanes) is 8. The van der Waals surface area contributed by atoms with E-state index in [4.69, 9.17) is 9.29 Å². The van der Waals surface area contributed by atoms with Gasteiger partial charge in [-0.15, -0.1) is 0 Å². The van der Waals surface area contributed by atoms with E-state index in [0.717, 1.165) is 25.7 Å². The number of hydrogen-bond donors (Lipinski definition) is 1. The van der Waals surface area contributed by atoms with Crippen molar-refractivity contribution in [3.8, 4) is 0 Å². The van der Waals surface area contributed by atoms with Crippen LogP contribution in [0.5, 0.6) is 0 Å². The van der Waals surface area contributed by atoms with Gasteiger partial charge < -0.3 is 4.74 Å². The molecule has 138 valence electrons. The highest BCUT2D eigenvalue weighted by atomic mass is 32.3. The molecule has 1 N–H and O–H groups in total. The zero-order valence-electron chi connectivity index (χ0n) is 14.5. The minimum absolute atomic E-state index is 0.215. The van der Waals surface area contributed by atoms with Crippen molar-refractivity contribution in [2.24, 2.45) is 0 Å². The Kier molecular flexibility index (Phi) is 13.4. The second-order valence-electron chi connectivity index (χ2n) is 5.80. The fraction of sp³-hybridized carbons (Fsp3) is 0.938. The molecule has 0 radical (unpaired) electrons. The molecule has 0 aromatic rings.